The number of hydrogen-bond acceptors (Lipinski definition) is 4. The van der Waals surface area contributed by atoms with Crippen LogP contribution in [0.3, 0.4) is 0 Å². The van der Waals surface area contributed by atoms with E-state index in [-0.39, 0.29) is 24.5 Å². The molecule has 3 rings (SSSR count). The second-order valence-electron chi connectivity index (χ2n) is 6.58. The third kappa shape index (κ3) is 5.82. The van der Waals surface area contributed by atoms with Crippen molar-refractivity contribution in [3.8, 4) is 5.75 Å². The van der Waals surface area contributed by atoms with Crippen LogP contribution in [0.25, 0.3) is 0 Å². The fraction of sp³-hybridized carbons (Fsp3) is 0.333. The largest absolute Gasteiger partial charge is 0.484 e. The SMILES string of the molecule is Cc1cccc(OCC(=O)Nc2ccc(C(=O)NC[C@@H]3CCCO3)cc2)c1. The molecule has 0 spiro atoms. The topological polar surface area (TPSA) is 76.7 Å². The number of carbonyl (C=O) groups excluding carboxylic acids is 2. The summed E-state index contributed by atoms with van der Waals surface area (Å²) in [5.41, 5.74) is 2.23. The van der Waals surface area contributed by atoms with Crippen molar-refractivity contribution >= 4 is 17.5 Å². The summed E-state index contributed by atoms with van der Waals surface area (Å²) in [5.74, 6) is 0.252. The second-order valence-corrected chi connectivity index (χ2v) is 6.58. The first-order valence-electron chi connectivity index (χ1n) is 9.09. The summed E-state index contributed by atoms with van der Waals surface area (Å²) in [6.45, 7) is 3.18. The summed E-state index contributed by atoms with van der Waals surface area (Å²) in [5, 5.41) is 5.63. The van der Waals surface area contributed by atoms with Crippen LogP contribution in [0.15, 0.2) is 48.5 Å². The summed E-state index contributed by atoms with van der Waals surface area (Å²) < 4.78 is 11.0. The van der Waals surface area contributed by atoms with Crippen molar-refractivity contribution in [1.82, 2.24) is 5.32 Å². The van der Waals surface area contributed by atoms with Crippen molar-refractivity contribution in [3.63, 3.8) is 0 Å². The highest BCUT2D eigenvalue weighted by Crippen LogP contribution is 2.14. The number of aryl methyl sites for hydroxylation is 1. The predicted molar refractivity (Wildman–Crippen MR) is 103 cm³/mol. The third-order valence-corrected chi connectivity index (χ3v) is 4.30. The second kappa shape index (κ2) is 9.19. The molecule has 0 bridgehead atoms. The van der Waals surface area contributed by atoms with Crippen LogP contribution >= 0.6 is 0 Å². The van der Waals surface area contributed by atoms with E-state index in [0.29, 0.717) is 23.5 Å². The van der Waals surface area contributed by atoms with Gasteiger partial charge in [-0.15, -0.1) is 0 Å². The Kier molecular flexibility index (Phi) is 6.44. The van der Waals surface area contributed by atoms with Gasteiger partial charge in [0.15, 0.2) is 6.61 Å². The lowest BCUT2D eigenvalue weighted by atomic mass is 10.2. The maximum atomic E-state index is 12.1. The number of rotatable bonds is 7. The quantitative estimate of drug-likeness (QED) is 0.788. The Morgan fingerprint density at radius 2 is 2.00 bits per heavy atom. The number of nitrogens with one attached hydrogen (secondary N) is 2. The van der Waals surface area contributed by atoms with E-state index < -0.39 is 0 Å². The summed E-state index contributed by atoms with van der Waals surface area (Å²) >= 11 is 0. The lowest BCUT2D eigenvalue weighted by Crippen LogP contribution is -2.31. The third-order valence-electron chi connectivity index (χ3n) is 4.30. The first-order valence-corrected chi connectivity index (χ1v) is 9.09. The molecule has 1 aliphatic heterocycles. The van der Waals surface area contributed by atoms with Crippen molar-refractivity contribution in [2.24, 2.45) is 0 Å². The highest BCUT2D eigenvalue weighted by molar-refractivity contribution is 5.96. The van der Waals surface area contributed by atoms with Gasteiger partial charge in [0.2, 0.25) is 0 Å². The van der Waals surface area contributed by atoms with Crippen LogP contribution in [-0.4, -0.2) is 37.7 Å². The van der Waals surface area contributed by atoms with Crippen LogP contribution in [0.2, 0.25) is 0 Å². The van der Waals surface area contributed by atoms with Gasteiger partial charge in [-0.1, -0.05) is 12.1 Å². The van der Waals surface area contributed by atoms with E-state index >= 15 is 0 Å². The van der Waals surface area contributed by atoms with Crippen LogP contribution in [0.4, 0.5) is 5.69 Å². The van der Waals surface area contributed by atoms with Gasteiger partial charge in [0.05, 0.1) is 6.10 Å². The summed E-state index contributed by atoms with van der Waals surface area (Å²) in [4.78, 5) is 24.2. The Labute approximate surface area is 158 Å². The van der Waals surface area contributed by atoms with E-state index in [4.69, 9.17) is 9.47 Å². The van der Waals surface area contributed by atoms with Gasteiger partial charge in [0.25, 0.3) is 11.8 Å². The average molecular weight is 368 g/mol. The Morgan fingerprint density at radius 1 is 1.19 bits per heavy atom. The zero-order chi connectivity index (χ0) is 19.1. The maximum Gasteiger partial charge on any atom is 0.262 e. The molecule has 1 heterocycles. The molecule has 2 aromatic rings. The fourth-order valence-electron chi connectivity index (χ4n) is 2.87. The molecule has 1 aliphatic rings. The van der Waals surface area contributed by atoms with Crippen molar-refractivity contribution < 1.29 is 19.1 Å². The summed E-state index contributed by atoms with van der Waals surface area (Å²) in [6, 6.07) is 14.3. The van der Waals surface area contributed by atoms with Crippen LogP contribution < -0.4 is 15.4 Å². The summed E-state index contributed by atoms with van der Waals surface area (Å²) in [7, 11) is 0. The molecule has 142 valence electrons. The van der Waals surface area contributed by atoms with Gasteiger partial charge < -0.3 is 20.1 Å². The molecule has 0 aliphatic carbocycles. The number of anilines is 1. The minimum Gasteiger partial charge on any atom is -0.484 e. The fourth-order valence-corrected chi connectivity index (χ4v) is 2.87. The van der Waals surface area contributed by atoms with E-state index in [1.807, 2.05) is 31.2 Å². The Bertz CT molecular complexity index is 783. The lowest BCUT2D eigenvalue weighted by molar-refractivity contribution is -0.118. The van der Waals surface area contributed by atoms with Crippen LogP contribution in [0.5, 0.6) is 5.75 Å². The van der Waals surface area contributed by atoms with Crippen LogP contribution in [0, 0.1) is 6.92 Å². The summed E-state index contributed by atoms with van der Waals surface area (Å²) in [6.07, 6.45) is 2.14. The van der Waals surface area contributed by atoms with Gasteiger partial charge in [-0.2, -0.15) is 0 Å². The molecule has 6 heteroatoms. The Morgan fingerprint density at radius 3 is 2.70 bits per heavy atom. The number of benzene rings is 2. The Hall–Kier alpha value is -2.86. The number of ether oxygens (including phenoxy) is 2. The number of carbonyl (C=O) groups is 2. The molecule has 6 nitrogen and oxygen atoms in total. The highest BCUT2D eigenvalue weighted by Gasteiger charge is 2.16. The van der Waals surface area contributed by atoms with Crippen LogP contribution in [-0.2, 0) is 9.53 Å². The minimum atomic E-state index is -0.257. The van der Waals surface area contributed by atoms with E-state index in [9.17, 15) is 9.59 Å². The lowest BCUT2D eigenvalue weighted by Gasteiger charge is -2.11. The molecule has 0 aromatic heterocycles. The Balaban J connectivity index is 1.45. The van der Waals surface area contributed by atoms with Crippen molar-refractivity contribution in [2.75, 3.05) is 25.1 Å². The maximum absolute atomic E-state index is 12.1. The van der Waals surface area contributed by atoms with E-state index in [2.05, 4.69) is 10.6 Å². The minimum absolute atomic E-state index is 0.0763. The standard InChI is InChI=1S/C21H24N2O4/c1-15-4-2-5-18(12-15)27-14-20(24)23-17-9-7-16(8-10-17)21(25)22-13-19-6-3-11-26-19/h2,4-5,7-10,12,19H,3,6,11,13-14H2,1H3,(H,22,25)(H,23,24)/t19-/m0/s1. The molecule has 0 unspecified atom stereocenters. The van der Waals surface area contributed by atoms with Gasteiger partial charge in [-0.3, -0.25) is 9.59 Å². The molecule has 1 fully saturated rings. The molecule has 2 N–H and O–H groups in total. The molecule has 0 radical (unpaired) electrons. The smallest absolute Gasteiger partial charge is 0.262 e. The molecular weight excluding hydrogens is 344 g/mol. The van der Waals surface area contributed by atoms with E-state index in [1.165, 1.54) is 0 Å². The van der Waals surface area contributed by atoms with Gasteiger partial charge >= 0.3 is 0 Å². The monoisotopic (exact) mass is 368 g/mol. The molecule has 2 amide bonds. The first-order chi connectivity index (χ1) is 13.1. The predicted octanol–water partition coefficient (Wildman–Crippen LogP) is 2.92. The molecule has 0 saturated carbocycles. The molecule has 1 saturated heterocycles. The van der Waals surface area contributed by atoms with Gasteiger partial charge in [0, 0.05) is 24.4 Å². The number of amides is 2. The zero-order valence-electron chi connectivity index (χ0n) is 15.4. The average Bonchev–Trinajstić information content (AvgIpc) is 3.19. The van der Waals surface area contributed by atoms with Crippen LogP contribution in [0.1, 0.15) is 28.8 Å². The van der Waals surface area contributed by atoms with Gasteiger partial charge in [-0.05, 0) is 61.7 Å². The number of hydrogen-bond donors (Lipinski definition) is 2. The zero-order valence-corrected chi connectivity index (χ0v) is 15.4. The van der Waals surface area contributed by atoms with Gasteiger partial charge in [-0.25, -0.2) is 0 Å². The molecule has 1 atom stereocenters. The van der Waals surface area contributed by atoms with E-state index in [1.54, 1.807) is 24.3 Å². The van der Waals surface area contributed by atoms with E-state index in [0.717, 1.165) is 25.0 Å². The van der Waals surface area contributed by atoms with Crippen molar-refractivity contribution in [2.45, 2.75) is 25.9 Å². The molecule has 27 heavy (non-hydrogen) atoms. The normalized spacial score (nSPS) is 16.0. The molecule has 2 aromatic carbocycles. The van der Waals surface area contributed by atoms with Crippen molar-refractivity contribution in [1.29, 1.82) is 0 Å². The van der Waals surface area contributed by atoms with Gasteiger partial charge in [0.1, 0.15) is 5.75 Å². The first kappa shape index (κ1) is 18.9. The highest BCUT2D eigenvalue weighted by atomic mass is 16.5. The molecular formula is C21H24N2O4. The van der Waals surface area contributed by atoms with Crippen molar-refractivity contribution in [3.05, 3.63) is 59.7 Å².